The maximum atomic E-state index is 12.5. The number of nitrogens with one attached hydrogen (secondary N) is 1. The molecule has 2 aromatic rings. The quantitative estimate of drug-likeness (QED) is 0.490. The highest BCUT2D eigenvalue weighted by molar-refractivity contribution is 7.18. The first-order valence-corrected chi connectivity index (χ1v) is 10.2. The number of anilines is 1. The van der Waals surface area contributed by atoms with Crippen LogP contribution >= 0.6 is 11.3 Å². The number of hydrogen-bond acceptors (Lipinski definition) is 7. The lowest BCUT2D eigenvalue weighted by Gasteiger charge is -2.07. The van der Waals surface area contributed by atoms with Gasteiger partial charge in [0.25, 0.3) is 0 Å². The average molecular weight is 432 g/mol. The Kier molecular flexibility index (Phi) is 8.17. The Morgan fingerprint density at radius 1 is 1.17 bits per heavy atom. The van der Waals surface area contributed by atoms with Crippen molar-refractivity contribution in [1.82, 2.24) is 0 Å². The van der Waals surface area contributed by atoms with Gasteiger partial charge in [0.05, 0.1) is 25.4 Å². The van der Waals surface area contributed by atoms with E-state index in [0.29, 0.717) is 11.3 Å². The fourth-order valence-corrected chi connectivity index (χ4v) is 3.72. The van der Waals surface area contributed by atoms with Crippen LogP contribution < -0.4 is 10.1 Å². The second kappa shape index (κ2) is 10.6. The molecule has 0 saturated carbocycles. The van der Waals surface area contributed by atoms with Crippen molar-refractivity contribution in [2.24, 2.45) is 0 Å². The van der Waals surface area contributed by atoms with Gasteiger partial charge in [-0.05, 0) is 45.4 Å². The van der Waals surface area contributed by atoms with E-state index in [-0.39, 0.29) is 28.2 Å². The summed E-state index contributed by atoms with van der Waals surface area (Å²) in [5.41, 5.74) is 1.29. The van der Waals surface area contributed by atoms with Crippen LogP contribution in [0, 0.1) is 6.92 Å². The summed E-state index contributed by atoms with van der Waals surface area (Å²) in [4.78, 5) is 37.6. The molecule has 7 nitrogen and oxygen atoms in total. The van der Waals surface area contributed by atoms with E-state index in [1.807, 2.05) is 18.2 Å². The van der Waals surface area contributed by atoms with Crippen LogP contribution in [0.4, 0.5) is 5.00 Å². The molecule has 160 valence electrons. The SMILES string of the molecule is CCOC(=O)c1c(NC(=O)/C=C/c2ccccc2OC)sc(C(=O)OC(C)C)c1C. The summed E-state index contributed by atoms with van der Waals surface area (Å²) in [6, 6.07) is 7.25. The molecule has 0 aliphatic carbocycles. The lowest BCUT2D eigenvalue weighted by molar-refractivity contribution is -0.111. The van der Waals surface area contributed by atoms with Crippen molar-refractivity contribution in [2.75, 3.05) is 19.0 Å². The lowest BCUT2D eigenvalue weighted by Crippen LogP contribution is -2.13. The van der Waals surface area contributed by atoms with Gasteiger partial charge in [-0.15, -0.1) is 11.3 Å². The van der Waals surface area contributed by atoms with Crippen molar-refractivity contribution < 1.29 is 28.6 Å². The molecule has 1 aromatic carbocycles. The van der Waals surface area contributed by atoms with Gasteiger partial charge in [-0.3, -0.25) is 4.79 Å². The van der Waals surface area contributed by atoms with Crippen LogP contribution in [-0.4, -0.2) is 37.7 Å². The van der Waals surface area contributed by atoms with E-state index in [9.17, 15) is 14.4 Å². The fourth-order valence-electron chi connectivity index (χ4n) is 2.64. The van der Waals surface area contributed by atoms with Gasteiger partial charge in [0.2, 0.25) is 5.91 Å². The number of rotatable bonds is 8. The zero-order valence-electron chi connectivity index (χ0n) is 17.6. The normalized spacial score (nSPS) is 10.9. The van der Waals surface area contributed by atoms with Gasteiger partial charge in [0.1, 0.15) is 15.6 Å². The molecule has 0 aliphatic rings. The number of para-hydroxylation sites is 1. The Morgan fingerprint density at radius 2 is 1.87 bits per heavy atom. The van der Waals surface area contributed by atoms with E-state index >= 15 is 0 Å². The van der Waals surface area contributed by atoms with Crippen LogP contribution in [-0.2, 0) is 14.3 Å². The van der Waals surface area contributed by atoms with Crippen molar-refractivity contribution in [2.45, 2.75) is 33.8 Å². The molecule has 1 aromatic heterocycles. The van der Waals surface area contributed by atoms with Gasteiger partial charge >= 0.3 is 11.9 Å². The van der Waals surface area contributed by atoms with Crippen LogP contribution in [0.25, 0.3) is 6.08 Å². The number of amides is 1. The van der Waals surface area contributed by atoms with Gasteiger partial charge in [0, 0.05) is 11.6 Å². The summed E-state index contributed by atoms with van der Waals surface area (Å²) in [5, 5.41) is 2.90. The third kappa shape index (κ3) is 5.70. The third-order valence-corrected chi connectivity index (χ3v) is 5.13. The summed E-state index contributed by atoms with van der Waals surface area (Å²) in [5.74, 6) is -1.00. The van der Waals surface area contributed by atoms with E-state index in [2.05, 4.69) is 5.32 Å². The van der Waals surface area contributed by atoms with E-state index in [1.54, 1.807) is 46.9 Å². The summed E-state index contributed by atoms with van der Waals surface area (Å²) in [7, 11) is 1.55. The van der Waals surface area contributed by atoms with Crippen molar-refractivity contribution in [3.63, 3.8) is 0 Å². The number of carbonyl (C=O) groups is 3. The Morgan fingerprint density at radius 3 is 2.50 bits per heavy atom. The molecule has 0 spiro atoms. The average Bonchev–Trinajstić information content (AvgIpc) is 3.02. The number of carbonyl (C=O) groups excluding carboxylic acids is 3. The van der Waals surface area contributed by atoms with Gasteiger partial charge in [-0.25, -0.2) is 9.59 Å². The minimum absolute atomic E-state index is 0.150. The molecule has 2 rings (SSSR count). The standard InChI is InChI=1S/C22H25NO6S/c1-6-28-21(25)18-14(4)19(22(26)29-13(2)3)30-20(18)23-17(24)12-11-15-9-7-8-10-16(15)27-5/h7-13H,6H2,1-5H3,(H,23,24)/b12-11+. The van der Waals surface area contributed by atoms with Gasteiger partial charge in [-0.2, -0.15) is 0 Å². The topological polar surface area (TPSA) is 90.9 Å². The number of ether oxygens (including phenoxy) is 3. The molecule has 0 unspecified atom stereocenters. The highest BCUT2D eigenvalue weighted by Crippen LogP contribution is 2.34. The predicted octanol–water partition coefficient (Wildman–Crippen LogP) is 4.46. The molecule has 0 aliphatic heterocycles. The smallest absolute Gasteiger partial charge is 0.348 e. The number of hydrogen-bond donors (Lipinski definition) is 1. The summed E-state index contributed by atoms with van der Waals surface area (Å²) < 4.78 is 15.6. The molecule has 1 amide bonds. The van der Waals surface area contributed by atoms with Crippen molar-refractivity contribution in [3.05, 3.63) is 51.9 Å². The maximum Gasteiger partial charge on any atom is 0.348 e. The van der Waals surface area contributed by atoms with E-state index < -0.39 is 17.8 Å². The molecule has 0 atom stereocenters. The van der Waals surface area contributed by atoms with E-state index in [4.69, 9.17) is 14.2 Å². The summed E-state index contributed by atoms with van der Waals surface area (Å²) >= 11 is 0.982. The van der Waals surface area contributed by atoms with Gasteiger partial charge < -0.3 is 19.5 Å². The first-order chi connectivity index (χ1) is 14.3. The molecule has 1 heterocycles. The predicted molar refractivity (Wildman–Crippen MR) is 116 cm³/mol. The lowest BCUT2D eigenvalue weighted by atomic mass is 10.1. The number of esters is 2. The van der Waals surface area contributed by atoms with Crippen molar-refractivity contribution >= 4 is 40.3 Å². The molecule has 0 saturated heterocycles. The van der Waals surface area contributed by atoms with Crippen LogP contribution in [0.2, 0.25) is 0 Å². The van der Waals surface area contributed by atoms with Gasteiger partial charge in [0.15, 0.2) is 0 Å². The van der Waals surface area contributed by atoms with Crippen LogP contribution in [0.3, 0.4) is 0 Å². The first kappa shape index (κ1) is 23.2. The zero-order chi connectivity index (χ0) is 22.3. The first-order valence-electron chi connectivity index (χ1n) is 9.42. The third-order valence-electron chi connectivity index (χ3n) is 3.94. The van der Waals surface area contributed by atoms with Crippen LogP contribution in [0.1, 0.15) is 51.9 Å². The Balaban J connectivity index is 2.32. The van der Waals surface area contributed by atoms with Crippen LogP contribution in [0.5, 0.6) is 5.75 Å². The maximum absolute atomic E-state index is 12.5. The zero-order valence-corrected chi connectivity index (χ0v) is 18.4. The molecule has 0 radical (unpaired) electrons. The largest absolute Gasteiger partial charge is 0.496 e. The fraction of sp³-hybridized carbons (Fsp3) is 0.318. The van der Waals surface area contributed by atoms with E-state index in [0.717, 1.165) is 16.9 Å². The number of thiophene rings is 1. The highest BCUT2D eigenvalue weighted by atomic mass is 32.1. The Labute approximate surface area is 179 Å². The molecular formula is C22H25NO6S. The minimum Gasteiger partial charge on any atom is -0.496 e. The molecule has 30 heavy (non-hydrogen) atoms. The minimum atomic E-state index is -0.612. The second-order valence-corrected chi connectivity index (χ2v) is 7.52. The Hall–Kier alpha value is -3.13. The number of methoxy groups -OCH3 is 1. The van der Waals surface area contributed by atoms with Crippen molar-refractivity contribution in [3.8, 4) is 5.75 Å². The summed E-state index contributed by atoms with van der Waals surface area (Å²) in [6.07, 6.45) is 2.62. The molecular weight excluding hydrogens is 406 g/mol. The molecule has 0 fully saturated rings. The Bertz CT molecular complexity index is 961. The second-order valence-electron chi connectivity index (χ2n) is 6.50. The number of benzene rings is 1. The molecule has 8 heteroatoms. The van der Waals surface area contributed by atoms with Crippen molar-refractivity contribution in [1.29, 1.82) is 0 Å². The van der Waals surface area contributed by atoms with Gasteiger partial charge in [-0.1, -0.05) is 18.2 Å². The highest BCUT2D eigenvalue weighted by Gasteiger charge is 2.27. The monoisotopic (exact) mass is 431 g/mol. The van der Waals surface area contributed by atoms with E-state index in [1.165, 1.54) is 6.08 Å². The van der Waals surface area contributed by atoms with Crippen LogP contribution in [0.15, 0.2) is 30.3 Å². The molecule has 0 bridgehead atoms. The molecule has 1 N–H and O–H groups in total. The summed E-state index contributed by atoms with van der Waals surface area (Å²) in [6.45, 7) is 6.94.